The monoisotopic (exact) mass is 441 g/mol. The van der Waals surface area contributed by atoms with Gasteiger partial charge in [-0.05, 0) is 48.2 Å². The Morgan fingerprint density at radius 3 is 2.47 bits per heavy atom. The first-order valence-corrected chi connectivity index (χ1v) is 9.57. The summed E-state index contributed by atoms with van der Waals surface area (Å²) in [5.41, 5.74) is 1.68. The second kappa shape index (κ2) is 8.48. The van der Waals surface area contributed by atoms with Gasteiger partial charge in [-0.25, -0.2) is 9.97 Å². The summed E-state index contributed by atoms with van der Waals surface area (Å²) in [6.07, 6.45) is -0.0374. The van der Waals surface area contributed by atoms with Gasteiger partial charge in [-0.2, -0.15) is 13.2 Å². The fourth-order valence-electron chi connectivity index (χ4n) is 3.21. The molecule has 1 unspecified atom stereocenters. The fourth-order valence-corrected chi connectivity index (χ4v) is 3.21. The summed E-state index contributed by atoms with van der Waals surface area (Å²) in [4.78, 5) is 16.9. The molecule has 0 aliphatic rings. The lowest BCUT2D eigenvalue weighted by molar-refractivity contribution is -0.137. The number of nitrogens with one attached hydrogen (secondary N) is 1. The summed E-state index contributed by atoms with van der Waals surface area (Å²) in [5, 5.41) is 23.3. The molecule has 4 aromatic rings. The molecule has 0 spiro atoms. The molecule has 0 bridgehead atoms. The number of hydrogen-bond donors (Lipinski definition) is 3. The van der Waals surface area contributed by atoms with Gasteiger partial charge in [0.05, 0.1) is 23.6 Å². The number of pyridine rings is 4. The van der Waals surface area contributed by atoms with Gasteiger partial charge < -0.3 is 15.5 Å². The zero-order valence-corrected chi connectivity index (χ0v) is 16.8. The smallest absolute Gasteiger partial charge is 0.393 e. The van der Waals surface area contributed by atoms with Gasteiger partial charge in [-0.3, -0.25) is 9.97 Å². The van der Waals surface area contributed by atoms with Crippen LogP contribution in [0.15, 0.2) is 55.1 Å². The lowest BCUT2D eigenvalue weighted by atomic mass is 10.1. The zero-order valence-electron chi connectivity index (χ0n) is 16.8. The molecule has 4 aromatic heterocycles. The van der Waals surface area contributed by atoms with Crippen LogP contribution in [0.4, 0.5) is 24.8 Å². The SMILES string of the molecule is Cc1cc(C(O)CO)cnc1-c1cc2ccnc(Nc3ccc(C(F)(F)F)cn3)c2cn1. The highest BCUT2D eigenvalue weighted by Gasteiger charge is 2.30. The number of aliphatic hydroxyl groups excluding tert-OH is 2. The fraction of sp³-hybridized carbons (Fsp3) is 0.182. The van der Waals surface area contributed by atoms with Crippen molar-refractivity contribution in [2.75, 3.05) is 11.9 Å². The molecule has 1 atom stereocenters. The van der Waals surface area contributed by atoms with Crippen molar-refractivity contribution in [3.05, 3.63) is 71.8 Å². The molecule has 0 amide bonds. The molecule has 32 heavy (non-hydrogen) atoms. The van der Waals surface area contributed by atoms with E-state index in [0.717, 1.165) is 23.2 Å². The van der Waals surface area contributed by atoms with Gasteiger partial charge >= 0.3 is 6.18 Å². The maximum atomic E-state index is 12.7. The molecule has 0 aliphatic carbocycles. The molecule has 7 nitrogen and oxygen atoms in total. The Morgan fingerprint density at radius 1 is 1.00 bits per heavy atom. The number of anilines is 2. The van der Waals surface area contributed by atoms with E-state index in [1.165, 1.54) is 12.3 Å². The summed E-state index contributed by atoms with van der Waals surface area (Å²) >= 11 is 0. The Bertz CT molecular complexity index is 1260. The lowest BCUT2D eigenvalue weighted by Crippen LogP contribution is -2.06. The van der Waals surface area contributed by atoms with E-state index in [1.807, 2.05) is 13.0 Å². The number of halogens is 3. The summed E-state index contributed by atoms with van der Waals surface area (Å²) in [5.74, 6) is 0.623. The Kier molecular flexibility index (Phi) is 5.72. The molecule has 0 aromatic carbocycles. The van der Waals surface area contributed by atoms with Crippen LogP contribution >= 0.6 is 0 Å². The largest absolute Gasteiger partial charge is 0.417 e. The second-order valence-electron chi connectivity index (χ2n) is 7.14. The number of alkyl halides is 3. The molecule has 0 fully saturated rings. The minimum atomic E-state index is -4.45. The van der Waals surface area contributed by atoms with Crippen LogP contribution in [0, 0.1) is 6.92 Å². The van der Waals surface area contributed by atoms with E-state index in [0.29, 0.717) is 28.2 Å². The molecule has 0 aliphatic heterocycles. The zero-order chi connectivity index (χ0) is 22.9. The van der Waals surface area contributed by atoms with E-state index in [2.05, 4.69) is 25.3 Å². The van der Waals surface area contributed by atoms with Crippen molar-refractivity contribution in [1.29, 1.82) is 0 Å². The normalized spacial score (nSPS) is 12.7. The second-order valence-corrected chi connectivity index (χ2v) is 7.14. The quantitative estimate of drug-likeness (QED) is 0.427. The first-order valence-electron chi connectivity index (χ1n) is 9.57. The Balaban J connectivity index is 1.64. The Morgan fingerprint density at radius 2 is 1.81 bits per heavy atom. The molecule has 4 rings (SSSR count). The average molecular weight is 441 g/mol. The third-order valence-electron chi connectivity index (χ3n) is 4.89. The van der Waals surface area contributed by atoms with Crippen LogP contribution in [0.3, 0.4) is 0 Å². The number of fused-ring (bicyclic) bond motifs is 1. The highest BCUT2D eigenvalue weighted by molar-refractivity contribution is 5.94. The summed E-state index contributed by atoms with van der Waals surface area (Å²) < 4.78 is 38.2. The molecular formula is C22H18F3N5O2. The third-order valence-corrected chi connectivity index (χ3v) is 4.89. The minimum absolute atomic E-state index is 0.220. The van der Waals surface area contributed by atoms with E-state index in [-0.39, 0.29) is 5.82 Å². The highest BCUT2D eigenvalue weighted by Crippen LogP contribution is 2.31. The maximum Gasteiger partial charge on any atom is 0.417 e. The molecule has 0 saturated carbocycles. The summed E-state index contributed by atoms with van der Waals surface area (Å²) in [6, 6.07) is 7.53. The summed E-state index contributed by atoms with van der Waals surface area (Å²) in [7, 11) is 0. The lowest BCUT2D eigenvalue weighted by Gasteiger charge is -2.12. The van der Waals surface area contributed by atoms with Gasteiger partial charge in [0.1, 0.15) is 17.7 Å². The molecule has 3 N–H and O–H groups in total. The average Bonchev–Trinajstić information content (AvgIpc) is 2.78. The van der Waals surface area contributed by atoms with E-state index in [1.54, 1.807) is 24.5 Å². The van der Waals surface area contributed by atoms with Crippen LogP contribution in [-0.4, -0.2) is 36.8 Å². The molecule has 0 radical (unpaired) electrons. The first kappa shape index (κ1) is 21.6. The summed E-state index contributed by atoms with van der Waals surface area (Å²) in [6.45, 7) is 1.43. The van der Waals surface area contributed by atoms with Gasteiger partial charge in [-0.15, -0.1) is 0 Å². The van der Waals surface area contributed by atoms with Crippen LogP contribution < -0.4 is 5.32 Å². The predicted octanol–water partition coefficient (Wildman–Crippen LogP) is 4.18. The van der Waals surface area contributed by atoms with Crippen LogP contribution in [0.2, 0.25) is 0 Å². The van der Waals surface area contributed by atoms with E-state index >= 15 is 0 Å². The van der Waals surface area contributed by atoms with Crippen LogP contribution in [-0.2, 0) is 6.18 Å². The number of nitrogens with zero attached hydrogens (tertiary/aromatic N) is 4. The van der Waals surface area contributed by atoms with E-state index in [4.69, 9.17) is 5.11 Å². The van der Waals surface area contributed by atoms with Crippen molar-refractivity contribution in [2.45, 2.75) is 19.2 Å². The standard InChI is InChI=1S/C22H18F3N5O2/c1-12-6-14(18(32)11-31)8-29-20(12)17-7-13-4-5-26-21(16(13)10-27-17)30-19-3-2-15(9-28-19)22(23,24)25/h2-10,18,31-32H,11H2,1H3,(H,26,28,30). The van der Waals surface area contributed by atoms with Crippen LogP contribution in [0.1, 0.15) is 22.8 Å². The van der Waals surface area contributed by atoms with Gasteiger partial charge in [0.25, 0.3) is 0 Å². The number of aryl methyl sites for hydroxylation is 1. The number of aliphatic hydroxyl groups is 2. The highest BCUT2D eigenvalue weighted by atomic mass is 19.4. The van der Waals surface area contributed by atoms with Crippen molar-refractivity contribution in [3.8, 4) is 11.4 Å². The van der Waals surface area contributed by atoms with Crippen molar-refractivity contribution in [3.63, 3.8) is 0 Å². The molecular weight excluding hydrogens is 423 g/mol. The molecule has 164 valence electrons. The number of aromatic nitrogens is 4. The van der Waals surface area contributed by atoms with E-state index in [9.17, 15) is 18.3 Å². The Labute approximate surface area is 180 Å². The third kappa shape index (κ3) is 4.36. The Hall–Kier alpha value is -3.63. The van der Waals surface area contributed by atoms with Gasteiger partial charge in [0.2, 0.25) is 0 Å². The van der Waals surface area contributed by atoms with E-state index < -0.39 is 24.5 Å². The predicted molar refractivity (Wildman–Crippen MR) is 112 cm³/mol. The van der Waals surface area contributed by atoms with Crippen LogP contribution in [0.5, 0.6) is 0 Å². The van der Waals surface area contributed by atoms with Crippen molar-refractivity contribution in [1.82, 2.24) is 19.9 Å². The first-order chi connectivity index (χ1) is 15.3. The van der Waals surface area contributed by atoms with Gasteiger partial charge in [0, 0.05) is 35.7 Å². The topological polar surface area (TPSA) is 104 Å². The van der Waals surface area contributed by atoms with Crippen molar-refractivity contribution < 1.29 is 23.4 Å². The van der Waals surface area contributed by atoms with Crippen molar-refractivity contribution >= 4 is 22.4 Å². The molecule has 4 heterocycles. The van der Waals surface area contributed by atoms with Crippen molar-refractivity contribution in [2.24, 2.45) is 0 Å². The maximum absolute atomic E-state index is 12.7. The number of rotatable bonds is 5. The molecule has 10 heteroatoms. The molecule has 0 saturated heterocycles. The number of hydrogen-bond acceptors (Lipinski definition) is 7. The van der Waals surface area contributed by atoms with Gasteiger partial charge in [-0.1, -0.05) is 0 Å². The minimum Gasteiger partial charge on any atom is -0.393 e. The van der Waals surface area contributed by atoms with Gasteiger partial charge in [0.15, 0.2) is 0 Å². The van der Waals surface area contributed by atoms with Crippen LogP contribution in [0.25, 0.3) is 22.2 Å².